The molecule has 0 aliphatic rings. The van der Waals surface area contributed by atoms with Crippen LogP contribution in [-0.2, 0) is 4.74 Å². The van der Waals surface area contributed by atoms with Crippen molar-refractivity contribution in [3.63, 3.8) is 0 Å². The van der Waals surface area contributed by atoms with Crippen LogP contribution < -0.4 is 5.32 Å². The Bertz CT molecular complexity index is 299. The lowest BCUT2D eigenvalue weighted by atomic mass is 9.91. The highest BCUT2D eigenvalue weighted by molar-refractivity contribution is 5.29. The molecule has 0 aromatic heterocycles. The number of hydrogen-bond acceptors (Lipinski definition) is 2. The van der Waals surface area contributed by atoms with E-state index in [2.05, 4.69) is 36.5 Å². The fraction of sp³-hybridized carbons (Fsp3) is 0.571. The summed E-state index contributed by atoms with van der Waals surface area (Å²) in [5.74, 6) is 0.598. The van der Waals surface area contributed by atoms with Crippen LogP contribution in [0.15, 0.2) is 24.3 Å². The molecule has 0 saturated carbocycles. The zero-order valence-corrected chi connectivity index (χ0v) is 10.6. The van der Waals surface area contributed by atoms with E-state index < -0.39 is 0 Å². The molecule has 0 aliphatic carbocycles. The molecular weight excluding hydrogens is 198 g/mol. The maximum atomic E-state index is 5.12. The van der Waals surface area contributed by atoms with Gasteiger partial charge in [0, 0.05) is 20.3 Å². The molecule has 1 aromatic carbocycles. The molecule has 0 aliphatic heterocycles. The predicted molar refractivity (Wildman–Crippen MR) is 69.0 cm³/mol. The largest absolute Gasteiger partial charge is 0.385 e. The van der Waals surface area contributed by atoms with Crippen LogP contribution in [0.2, 0.25) is 0 Å². The van der Waals surface area contributed by atoms with E-state index in [0.29, 0.717) is 5.92 Å². The molecule has 2 nitrogen and oxygen atoms in total. The fourth-order valence-electron chi connectivity index (χ4n) is 2.13. The molecule has 2 heteroatoms. The van der Waals surface area contributed by atoms with Crippen LogP contribution in [0, 0.1) is 6.92 Å². The molecule has 0 amide bonds. The number of rotatable bonds is 7. The van der Waals surface area contributed by atoms with E-state index in [1.807, 2.05) is 7.05 Å². The van der Waals surface area contributed by atoms with Crippen molar-refractivity contribution in [1.82, 2.24) is 5.32 Å². The Kier molecular flexibility index (Phi) is 6.12. The molecule has 1 unspecified atom stereocenters. The second-order valence-electron chi connectivity index (χ2n) is 4.25. The summed E-state index contributed by atoms with van der Waals surface area (Å²) in [6.07, 6.45) is 2.30. The van der Waals surface area contributed by atoms with Gasteiger partial charge in [0.1, 0.15) is 0 Å². The molecular formula is C14H23NO. The van der Waals surface area contributed by atoms with Crippen molar-refractivity contribution in [2.24, 2.45) is 0 Å². The lowest BCUT2D eigenvalue weighted by Crippen LogP contribution is -2.18. The highest BCUT2D eigenvalue weighted by Crippen LogP contribution is 2.23. The zero-order valence-electron chi connectivity index (χ0n) is 10.6. The first-order chi connectivity index (χ1) is 7.79. The molecule has 16 heavy (non-hydrogen) atoms. The third kappa shape index (κ3) is 3.95. The van der Waals surface area contributed by atoms with Crippen LogP contribution >= 0.6 is 0 Å². The second-order valence-corrected chi connectivity index (χ2v) is 4.25. The molecule has 0 spiro atoms. The first kappa shape index (κ1) is 13.2. The first-order valence-corrected chi connectivity index (χ1v) is 5.98. The van der Waals surface area contributed by atoms with E-state index in [-0.39, 0.29) is 0 Å². The summed E-state index contributed by atoms with van der Waals surface area (Å²) in [5.41, 5.74) is 2.85. The van der Waals surface area contributed by atoms with E-state index >= 15 is 0 Å². The van der Waals surface area contributed by atoms with Gasteiger partial charge in [-0.2, -0.15) is 0 Å². The summed E-state index contributed by atoms with van der Waals surface area (Å²) >= 11 is 0. The van der Waals surface area contributed by atoms with Gasteiger partial charge in [0.2, 0.25) is 0 Å². The number of nitrogens with one attached hydrogen (secondary N) is 1. The van der Waals surface area contributed by atoms with Gasteiger partial charge in [-0.3, -0.25) is 0 Å². The fourth-order valence-corrected chi connectivity index (χ4v) is 2.13. The summed E-state index contributed by atoms with van der Waals surface area (Å²) in [6, 6.07) is 8.66. The first-order valence-electron chi connectivity index (χ1n) is 5.98. The number of methoxy groups -OCH3 is 1. The molecule has 0 fully saturated rings. The Morgan fingerprint density at radius 3 is 2.69 bits per heavy atom. The summed E-state index contributed by atoms with van der Waals surface area (Å²) < 4.78 is 5.12. The number of ether oxygens (including phenoxy) is 1. The minimum absolute atomic E-state index is 0.598. The summed E-state index contributed by atoms with van der Waals surface area (Å²) in [4.78, 5) is 0. The Morgan fingerprint density at radius 2 is 2.06 bits per heavy atom. The normalized spacial score (nSPS) is 12.7. The maximum absolute atomic E-state index is 5.12. The Morgan fingerprint density at radius 1 is 1.31 bits per heavy atom. The average molecular weight is 221 g/mol. The number of hydrogen-bond donors (Lipinski definition) is 1. The lowest BCUT2D eigenvalue weighted by Gasteiger charge is -2.19. The van der Waals surface area contributed by atoms with Crippen LogP contribution in [0.3, 0.4) is 0 Å². The van der Waals surface area contributed by atoms with Gasteiger partial charge in [-0.05, 0) is 43.9 Å². The van der Waals surface area contributed by atoms with E-state index in [1.54, 1.807) is 7.11 Å². The van der Waals surface area contributed by atoms with Crippen LogP contribution in [0.4, 0.5) is 0 Å². The minimum atomic E-state index is 0.598. The minimum Gasteiger partial charge on any atom is -0.385 e. The Labute approximate surface area is 99.0 Å². The highest BCUT2D eigenvalue weighted by atomic mass is 16.5. The van der Waals surface area contributed by atoms with Gasteiger partial charge < -0.3 is 10.1 Å². The standard InChI is InChI=1S/C14H23NO/c1-12-7-4-5-9-14(12)13(11-15-2)8-6-10-16-3/h4-5,7,9,13,15H,6,8,10-11H2,1-3H3. The van der Waals surface area contributed by atoms with Gasteiger partial charge >= 0.3 is 0 Å². The Balaban J connectivity index is 2.65. The molecule has 0 radical (unpaired) electrons. The van der Waals surface area contributed by atoms with Crippen molar-refractivity contribution in [1.29, 1.82) is 0 Å². The third-order valence-corrected chi connectivity index (χ3v) is 2.98. The number of benzene rings is 1. The number of likely N-dealkylation sites (N-methyl/N-ethyl adjacent to an activating group) is 1. The maximum Gasteiger partial charge on any atom is 0.0462 e. The average Bonchev–Trinajstić information content (AvgIpc) is 2.29. The van der Waals surface area contributed by atoms with Gasteiger partial charge in [0.25, 0.3) is 0 Å². The molecule has 1 rings (SSSR count). The third-order valence-electron chi connectivity index (χ3n) is 2.98. The van der Waals surface area contributed by atoms with E-state index in [9.17, 15) is 0 Å². The highest BCUT2D eigenvalue weighted by Gasteiger charge is 2.12. The molecule has 90 valence electrons. The number of aryl methyl sites for hydroxylation is 1. The van der Waals surface area contributed by atoms with E-state index in [0.717, 1.165) is 19.6 Å². The van der Waals surface area contributed by atoms with Crippen LogP contribution in [0.5, 0.6) is 0 Å². The van der Waals surface area contributed by atoms with Gasteiger partial charge in [-0.1, -0.05) is 24.3 Å². The summed E-state index contributed by atoms with van der Waals surface area (Å²) in [5, 5.41) is 3.28. The van der Waals surface area contributed by atoms with Gasteiger partial charge in [-0.15, -0.1) is 0 Å². The van der Waals surface area contributed by atoms with Crippen molar-refractivity contribution < 1.29 is 4.74 Å². The summed E-state index contributed by atoms with van der Waals surface area (Å²) in [7, 11) is 3.78. The van der Waals surface area contributed by atoms with Gasteiger partial charge in [0.15, 0.2) is 0 Å². The quantitative estimate of drug-likeness (QED) is 0.715. The van der Waals surface area contributed by atoms with Crippen LogP contribution in [0.25, 0.3) is 0 Å². The van der Waals surface area contributed by atoms with Crippen LogP contribution in [-0.4, -0.2) is 27.3 Å². The molecule has 0 saturated heterocycles. The molecule has 0 heterocycles. The topological polar surface area (TPSA) is 21.3 Å². The molecule has 1 atom stereocenters. The molecule has 1 N–H and O–H groups in total. The summed E-state index contributed by atoms with van der Waals surface area (Å²) in [6.45, 7) is 4.08. The van der Waals surface area contributed by atoms with Crippen molar-refractivity contribution >= 4 is 0 Å². The zero-order chi connectivity index (χ0) is 11.8. The van der Waals surface area contributed by atoms with Crippen molar-refractivity contribution in [3.8, 4) is 0 Å². The molecule has 1 aromatic rings. The lowest BCUT2D eigenvalue weighted by molar-refractivity contribution is 0.190. The van der Waals surface area contributed by atoms with E-state index in [4.69, 9.17) is 4.74 Å². The van der Waals surface area contributed by atoms with Gasteiger partial charge in [0.05, 0.1) is 0 Å². The van der Waals surface area contributed by atoms with Crippen molar-refractivity contribution in [2.75, 3.05) is 27.3 Å². The SMILES string of the molecule is CNCC(CCCOC)c1ccccc1C. The van der Waals surface area contributed by atoms with Crippen LogP contribution in [0.1, 0.15) is 29.9 Å². The van der Waals surface area contributed by atoms with Crippen molar-refractivity contribution in [3.05, 3.63) is 35.4 Å². The predicted octanol–water partition coefficient (Wildman–Crippen LogP) is 2.72. The second kappa shape index (κ2) is 7.42. The monoisotopic (exact) mass is 221 g/mol. The molecule has 0 bridgehead atoms. The van der Waals surface area contributed by atoms with Crippen molar-refractivity contribution in [2.45, 2.75) is 25.7 Å². The van der Waals surface area contributed by atoms with E-state index in [1.165, 1.54) is 17.5 Å². The Hall–Kier alpha value is -0.860. The van der Waals surface area contributed by atoms with Gasteiger partial charge in [-0.25, -0.2) is 0 Å². The smallest absolute Gasteiger partial charge is 0.0462 e.